The van der Waals surface area contributed by atoms with Gasteiger partial charge in [-0.15, -0.1) is 0 Å². The Kier molecular flexibility index (Phi) is 12.4. The van der Waals surface area contributed by atoms with Crippen molar-refractivity contribution in [3.05, 3.63) is 60.2 Å². The van der Waals surface area contributed by atoms with Gasteiger partial charge in [0.15, 0.2) is 0 Å². The third-order valence-corrected chi connectivity index (χ3v) is 3.07. The average molecular weight is 356 g/mol. The van der Waals surface area contributed by atoms with Crippen LogP contribution >= 0.6 is 0 Å². The van der Waals surface area contributed by atoms with Crippen molar-refractivity contribution in [3.63, 3.8) is 0 Å². The molecule has 0 atom stereocenters. The summed E-state index contributed by atoms with van der Waals surface area (Å²) < 4.78 is 0. The normalized spacial score (nSPS) is 10.2. The predicted octanol–water partition coefficient (Wildman–Crippen LogP) is 4.14. The summed E-state index contributed by atoms with van der Waals surface area (Å²) in [5.74, 6) is 0.498. The van der Waals surface area contributed by atoms with E-state index >= 15 is 0 Å². The van der Waals surface area contributed by atoms with E-state index in [1.54, 1.807) is 19.3 Å². The highest BCUT2D eigenvalue weighted by atomic mass is 14.9. The van der Waals surface area contributed by atoms with E-state index in [4.69, 9.17) is 5.73 Å². The van der Waals surface area contributed by atoms with Crippen LogP contribution in [0.4, 0.5) is 0 Å². The lowest BCUT2D eigenvalue weighted by Crippen LogP contribution is -2.06. The molecular formula is C21H33N5. The van der Waals surface area contributed by atoms with Crippen molar-refractivity contribution in [2.45, 2.75) is 41.0 Å². The fourth-order valence-electron chi connectivity index (χ4n) is 1.93. The Morgan fingerprint density at radius 1 is 1.27 bits per heavy atom. The first-order valence-electron chi connectivity index (χ1n) is 8.97. The molecule has 0 aliphatic carbocycles. The number of nitrogens with one attached hydrogen (secondary N) is 1. The summed E-state index contributed by atoms with van der Waals surface area (Å²) in [7, 11) is 1.93. The summed E-state index contributed by atoms with van der Waals surface area (Å²) in [6.45, 7) is 14.8. The Hall–Kier alpha value is -2.53. The molecule has 0 aliphatic rings. The van der Waals surface area contributed by atoms with Crippen LogP contribution in [0.25, 0.3) is 11.3 Å². The lowest BCUT2D eigenvalue weighted by molar-refractivity contribution is 0.864. The molecule has 1 heterocycles. The van der Waals surface area contributed by atoms with E-state index in [0.717, 1.165) is 23.5 Å². The lowest BCUT2D eigenvalue weighted by atomic mass is 10.1. The molecule has 0 saturated carbocycles. The molecule has 26 heavy (non-hydrogen) atoms. The quantitative estimate of drug-likeness (QED) is 0.624. The van der Waals surface area contributed by atoms with Crippen LogP contribution in [0.3, 0.4) is 0 Å². The van der Waals surface area contributed by atoms with Crippen LogP contribution in [-0.2, 0) is 6.42 Å². The minimum absolute atomic E-state index is 0.498. The molecule has 0 saturated heterocycles. The number of aliphatic imine (C=N–C) groups is 1. The van der Waals surface area contributed by atoms with Crippen molar-refractivity contribution < 1.29 is 0 Å². The minimum atomic E-state index is 0.498. The van der Waals surface area contributed by atoms with Crippen LogP contribution in [0.15, 0.2) is 53.9 Å². The SMILES string of the molecule is C=C(Cc1cncc(-c2cccc(C)c2)n1)N=C(C)N.CC.CCNC. The molecule has 0 fully saturated rings. The smallest absolute Gasteiger partial charge is 0.0960 e. The second kappa shape index (κ2) is 13.7. The Balaban J connectivity index is 0.000000920. The Morgan fingerprint density at radius 2 is 1.92 bits per heavy atom. The van der Waals surface area contributed by atoms with Gasteiger partial charge >= 0.3 is 0 Å². The zero-order valence-electron chi connectivity index (χ0n) is 17.0. The second-order valence-corrected chi connectivity index (χ2v) is 5.47. The Labute approximate surface area is 158 Å². The van der Waals surface area contributed by atoms with Crippen LogP contribution < -0.4 is 11.1 Å². The van der Waals surface area contributed by atoms with Gasteiger partial charge in [0.2, 0.25) is 0 Å². The van der Waals surface area contributed by atoms with Crippen LogP contribution in [-0.4, -0.2) is 29.4 Å². The first kappa shape index (κ1) is 23.5. The molecule has 0 spiro atoms. The molecule has 2 rings (SSSR count). The summed E-state index contributed by atoms with van der Waals surface area (Å²) >= 11 is 0. The van der Waals surface area contributed by atoms with E-state index < -0.39 is 0 Å². The van der Waals surface area contributed by atoms with Gasteiger partial charge in [0, 0.05) is 23.9 Å². The molecule has 5 nitrogen and oxygen atoms in total. The zero-order valence-corrected chi connectivity index (χ0v) is 17.0. The summed E-state index contributed by atoms with van der Waals surface area (Å²) in [5, 5.41) is 2.93. The van der Waals surface area contributed by atoms with Gasteiger partial charge in [-0.05, 0) is 33.5 Å². The number of nitrogens with zero attached hydrogens (tertiary/aromatic N) is 3. The molecule has 0 amide bonds. The molecule has 0 unspecified atom stereocenters. The zero-order chi connectivity index (χ0) is 19.9. The van der Waals surface area contributed by atoms with Crippen LogP contribution in [0.1, 0.15) is 39.0 Å². The molecule has 142 valence electrons. The third kappa shape index (κ3) is 9.69. The topological polar surface area (TPSA) is 76.2 Å². The van der Waals surface area contributed by atoms with Crippen LogP contribution in [0, 0.1) is 6.92 Å². The number of hydrogen-bond donors (Lipinski definition) is 2. The van der Waals surface area contributed by atoms with E-state index in [1.165, 1.54) is 5.56 Å². The van der Waals surface area contributed by atoms with Gasteiger partial charge < -0.3 is 11.1 Å². The van der Waals surface area contributed by atoms with Crippen LogP contribution in [0.5, 0.6) is 0 Å². The standard InChI is InChI=1S/C16H18N4.C3H9N.C2H6/c1-11-5-4-6-14(7-11)16-10-18-9-15(20-16)8-12(2)19-13(3)17;1-3-4-2;1-2/h4-7,9-10H,2,8H2,1,3H3,(H2,17,19);4H,3H2,1-2H3;1-2H3. The van der Waals surface area contributed by atoms with Crippen molar-refractivity contribution in [1.29, 1.82) is 0 Å². The Morgan fingerprint density at radius 3 is 2.46 bits per heavy atom. The Bertz CT molecular complexity index is 686. The van der Waals surface area contributed by atoms with E-state index in [0.29, 0.717) is 18.0 Å². The maximum Gasteiger partial charge on any atom is 0.0960 e. The van der Waals surface area contributed by atoms with E-state index in [2.05, 4.69) is 52.8 Å². The maximum absolute atomic E-state index is 5.54. The predicted molar refractivity (Wildman–Crippen MR) is 113 cm³/mol. The van der Waals surface area contributed by atoms with E-state index in [9.17, 15) is 0 Å². The highest BCUT2D eigenvalue weighted by Crippen LogP contribution is 2.18. The van der Waals surface area contributed by atoms with Crippen molar-refractivity contribution >= 4 is 5.84 Å². The number of aromatic nitrogens is 2. The number of allylic oxidation sites excluding steroid dienone is 1. The molecule has 0 aliphatic heterocycles. The van der Waals surface area contributed by atoms with Crippen molar-refractivity contribution in [1.82, 2.24) is 15.3 Å². The molecule has 5 heteroatoms. The number of rotatable bonds is 5. The van der Waals surface area contributed by atoms with Crippen molar-refractivity contribution in [2.75, 3.05) is 13.6 Å². The van der Waals surface area contributed by atoms with Gasteiger partial charge in [-0.1, -0.05) is 51.1 Å². The molecule has 3 N–H and O–H groups in total. The fraction of sp³-hybridized carbons (Fsp3) is 0.381. The summed E-state index contributed by atoms with van der Waals surface area (Å²) in [5.41, 5.74) is 10.2. The highest BCUT2D eigenvalue weighted by molar-refractivity contribution is 5.78. The summed E-state index contributed by atoms with van der Waals surface area (Å²) in [6, 6.07) is 8.18. The number of amidine groups is 1. The first-order valence-corrected chi connectivity index (χ1v) is 8.97. The second-order valence-electron chi connectivity index (χ2n) is 5.47. The van der Waals surface area contributed by atoms with Gasteiger partial charge in [-0.25, -0.2) is 9.98 Å². The highest BCUT2D eigenvalue weighted by Gasteiger charge is 2.04. The van der Waals surface area contributed by atoms with Crippen molar-refractivity contribution in [3.8, 4) is 11.3 Å². The lowest BCUT2D eigenvalue weighted by Gasteiger charge is -2.05. The maximum atomic E-state index is 5.54. The first-order chi connectivity index (χ1) is 12.5. The van der Waals surface area contributed by atoms with Gasteiger partial charge in [0.25, 0.3) is 0 Å². The molecule has 2 aromatic rings. The fourth-order valence-corrected chi connectivity index (χ4v) is 1.93. The largest absolute Gasteiger partial charge is 0.387 e. The minimum Gasteiger partial charge on any atom is -0.387 e. The van der Waals surface area contributed by atoms with Gasteiger partial charge in [0.05, 0.1) is 23.4 Å². The third-order valence-electron chi connectivity index (χ3n) is 3.07. The molecule has 1 aromatic carbocycles. The number of nitrogens with two attached hydrogens (primary N) is 1. The van der Waals surface area contributed by atoms with Gasteiger partial charge in [-0.3, -0.25) is 4.98 Å². The van der Waals surface area contributed by atoms with E-state index in [-0.39, 0.29) is 0 Å². The number of aryl methyl sites for hydroxylation is 1. The average Bonchev–Trinajstić information content (AvgIpc) is 2.63. The molecule has 1 aromatic heterocycles. The van der Waals surface area contributed by atoms with E-state index in [1.807, 2.05) is 33.0 Å². The number of benzene rings is 1. The molecule has 0 bridgehead atoms. The molecular weight excluding hydrogens is 322 g/mol. The monoisotopic (exact) mass is 355 g/mol. The van der Waals surface area contributed by atoms with Crippen molar-refractivity contribution in [2.24, 2.45) is 10.7 Å². The van der Waals surface area contributed by atoms with Gasteiger partial charge in [-0.2, -0.15) is 0 Å². The van der Waals surface area contributed by atoms with Crippen LogP contribution in [0.2, 0.25) is 0 Å². The number of hydrogen-bond acceptors (Lipinski definition) is 4. The summed E-state index contributed by atoms with van der Waals surface area (Å²) in [4.78, 5) is 13.0. The van der Waals surface area contributed by atoms with Gasteiger partial charge in [0.1, 0.15) is 0 Å². The summed E-state index contributed by atoms with van der Waals surface area (Å²) in [6.07, 6.45) is 4.03. The molecule has 0 radical (unpaired) electrons.